The monoisotopic (exact) mass is 294 g/mol. The SMILES string of the molecule is CCCCCCCCCC(O)C1CCCc2sccc21. The quantitative estimate of drug-likeness (QED) is 0.582. The fourth-order valence-electron chi connectivity index (χ4n) is 3.43. The van der Waals surface area contributed by atoms with Gasteiger partial charge in [0.25, 0.3) is 0 Å². The lowest BCUT2D eigenvalue weighted by molar-refractivity contribution is 0.122. The van der Waals surface area contributed by atoms with Crippen molar-refractivity contribution >= 4 is 11.3 Å². The predicted octanol–water partition coefficient (Wildman–Crippen LogP) is 5.67. The highest BCUT2D eigenvalue weighted by molar-refractivity contribution is 7.10. The van der Waals surface area contributed by atoms with Gasteiger partial charge in [0, 0.05) is 10.8 Å². The van der Waals surface area contributed by atoms with E-state index in [9.17, 15) is 5.11 Å². The summed E-state index contributed by atoms with van der Waals surface area (Å²) in [6, 6.07) is 2.25. The number of aliphatic hydroxyl groups excluding tert-OH is 1. The molecule has 1 aromatic rings. The first-order valence-electron chi connectivity index (χ1n) is 8.57. The van der Waals surface area contributed by atoms with Crippen LogP contribution in [-0.4, -0.2) is 11.2 Å². The smallest absolute Gasteiger partial charge is 0.0609 e. The average Bonchev–Trinajstić information content (AvgIpc) is 2.94. The summed E-state index contributed by atoms with van der Waals surface area (Å²) in [5.41, 5.74) is 1.46. The van der Waals surface area contributed by atoms with E-state index in [1.807, 2.05) is 11.3 Å². The molecule has 2 unspecified atom stereocenters. The first kappa shape index (κ1) is 16.0. The Morgan fingerprint density at radius 2 is 1.95 bits per heavy atom. The molecule has 1 heterocycles. The van der Waals surface area contributed by atoms with E-state index in [0.29, 0.717) is 5.92 Å². The van der Waals surface area contributed by atoms with Crippen molar-refractivity contribution in [1.82, 2.24) is 0 Å². The molecule has 0 saturated heterocycles. The van der Waals surface area contributed by atoms with Crippen LogP contribution in [0.1, 0.15) is 87.5 Å². The Bertz CT molecular complexity index is 371. The van der Waals surface area contributed by atoms with E-state index < -0.39 is 0 Å². The molecular weight excluding hydrogens is 264 g/mol. The molecule has 1 aliphatic carbocycles. The van der Waals surface area contributed by atoms with Crippen LogP contribution < -0.4 is 0 Å². The van der Waals surface area contributed by atoms with Gasteiger partial charge in [-0.2, -0.15) is 0 Å². The van der Waals surface area contributed by atoms with E-state index in [1.54, 1.807) is 0 Å². The third-order valence-electron chi connectivity index (χ3n) is 4.67. The molecule has 2 atom stereocenters. The molecule has 1 aromatic heterocycles. The van der Waals surface area contributed by atoms with Crippen LogP contribution in [0.25, 0.3) is 0 Å². The van der Waals surface area contributed by atoms with E-state index in [1.165, 1.54) is 74.6 Å². The number of hydrogen-bond donors (Lipinski definition) is 1. The van der Waals surface area contributed by atoms with Gasteiger partial charge in [0.2, 0.25) is 0 Å². The molecule has 1 N–H and O–H groups in total. The zero-order valence-electron chi connectivity index (χ0n) is 12.9. The number of rotatable bonds is 9. The van der Waals surface area contributed by atoms with Crippen molar-refractivity contribution in [2.45, 2.75) is 89.6 Å². The van der Waals surface area contributed by atoms with Gasteiger partial charge in [-0.1, -0.05) is 51.9 Å². The largest absolute Gasteiger partial charge is 0.392 e. The Kier molecular flexibility index (Phi) is 7.09. The molecule has 0 amide bonds. The van der Waals surface area contributed by atoms with Crippen LogP contribution in [0.3, 0.4) is 0 Å². The normalized spacial score (nSPS) is 19.8. The Hall–Kier alpha value is -0.340. The molecule has 114 valence electrons. The van der Waals surface area contributed by atoms with Gasteiger partial charge in [0.05, 0.1) is 6.10 Å². The summed E-state index contributed by atoms with van der Waals surface area (Å²) in [5.74, 6) is 0.421. The molecule has 1 aliphatic rings. The van der Waals surface area contributed by atoms with Gasteiger partial charge in [-0.3, -0.25) is 0 Å². The fourth-order valence-corrected chi connectivity index (χ4v) is 4.43. The zero-order valence-corrected chi connectivity index (χ0v) is 13.8. The minimum Gasteiger partial charge on any atom is -0.392 e. The topological polar surface area (TPSA) is 20.2 Å². The van der Waals surface area contributed by atoms with Gasteiger partial charge < -0.3 is 5.11 Å². The van der Waals surface area contributed by atoms with Crippen molar-refractivity contribution in [3.8, 4) is 0 Å². The lowest BCUT2D eigenvalue weighted by Crippen LogP contribution is -2.21. The molecule has 0 aromatic carbocycles. The van der Waals surface area contributed by atoms with Crippen molar-refractivity contribution in [3.05, 3.63) is 21.9 Å². The molecule has 0 radical (unpaired) electrons. The van der Waals surface area contributed by atoms with Crippen molar-refractivity contribution < 1.29 is 5.11 Å². The third kappa shape index (κ3) is 4.60. The first-order chi connectivity index (χ1) is 9.83. The van der Waals surface area contributed by atoms with E-state index in [0.717, 1.165) is 6.42 Å². The maximum absolute atomic E-state index is 10.5. The fraction of sp³-hybridized carbons (Fsp3) is 0.778. The molecule has 0 fully saturated rings. The molecule has 0 spiro atoms. The van der Waals surface area contributed by atoms with Gasteiger partial charge in [0.15, 0.2) is 0 Å². The highest BCUT2D eigenvalue weighted by Gasteiger charge is 2.26. The highest BCUT2D eigenvalue weighted by Crippen LogP contribution is 2.38. The van der Waals surface area contributed by atoms with Gasteiger partial charge in [0.1, 0.15) is 0 Å². The lowest BCUT2D eigenvalue weighted by atomic mass is 9.82. The summed E-state index contributed by atoms with van der Waals surface area (Å²) in [7, 11) is 0. The number of aliphatic hydroxyl groups is 1. The average molecular weight is 295 g/mol. The van der Waals surface area contributed by atoms with Crippen LogP contribution in [0.2, 0.25) is 0 Å². The maximum atomic E-state index is 10.5. The molecule has 1 nitrogen and oxygen atoms in total. The second-order valence-corrected chi connectivity index (χ2v) is 7.28. The van der Waals surface area contributed by atoms with Crippen LogP contribution in [0.5, 0.6) is 0 Å². The van der Waals surface area contributed by atoms with Gasteiger partial charge in [-0.05, 0) is 42.7 Å². The zero-order chi connectivity index (χ0) is 14.2. The van der Waals surface area contributed by atoms with Crippen LogP contribution in [-0.2, 0) is 6.42 Å². The van der Waals surface area contributed by atoms with Crippen LogP contribution >= 0.6 is 11.3 Å². The molecule has 0 bridgehead atoms. The van der Waals surface area contributed by atoms with Crippen LogP contribution in [0.15, 0.2) is 11.4 Å². The second-order valence-electron chi connectivity index (χ2n) is 6.28. The molecule has 2 heteroatoms. The second kappa shape index (κ2) is 8.84. The third-order valence-corrected chi connectivity index (χ3v) is 5.66. The van der Waals surface area contributed by atoms with Gasteiger partial charge in [-0.15, -0.1) is 11.3 Å². The number of unbranched alkanes of at least 4 members (excludes halogenated alkanes) is 6. The summed E-state index contributed by atoms with van der Waals surface area (Å²) < 4.78 is 0. The van der Waals surface area contributed by atoms with E-state index in [4.69, 9.17) is 0 Å². The van der Waals surface area contributed by atoms with Crippen molar-refractivity contribution in [1.29, 1.82) is 0 Å². The first-order valence-corrected chi connectivity index (χ1v) is 9.45. The minimum atomic E-state index is -0.112. The van der Waals surface area contributed by atoms with Crippen molar-refractivity contribution in [2.24, 2.45) is 0 Å². The lowest BCUT2D eigenvalue weighted by Gasteiger charge is -2.27. The summed E-state index contributed by atoms with van der Waals surface area (Å²) in [5, 5.41) is 12.7. The summed E-state index contributed by atoms with van der Waals surface area (Å²) in [6.07, 6.45) is 13.9. The maximum Gasteiger partial charge on any atom is 0.0609 e. The van der Waals surface area contributed by atoms with E-state index >= 15 is 0 Å². The van der Waals surface area contributed by atoms with Crippen LogP contribution in [0, 0.1) is 0 Å². The molecule has 20 heavy (non-hydrogen) atoms. The highest BCUT2D eigenvalue weighted by atomic mass is 32.1. The molecule has 2 rings (SSSR count). The Labute approximate surface area is 128 Å². The number of fused-ring (bicyclic) bond motifs is 1. The van der Waals surface area contributed by atoms with E-state index in [2.05, 4.69) is 18.4 Å². The van der Waals surface area contributed by atoms with Gasteiger partial charge in [-0.25, -0.2) is 0 Å². The molecule has 0 aliphatic heterocycles. The summed E-state index contributed by atoms with van der Waals surface area (Å²) in [6.45, 7) is 2.26. The number of hydrogen-bond acceptors (Lipinski definition) is 2. The van der Waals surface area contributed by atoms with Crippen LogP contribution in [0.4, 0.5) is 0 Å². The summed E-state index contributed by atoms with van der Waals surface area (Å²) in [4.78, 5) is 1.53. The van der Waals surface area contributed by atoms with E-state index in [-0.39, 0.29) is 6.10 Å². The number of thiophene rings is 1. The van der Waals surface area contributed by atoms with Crippen molar-refractivity contribution in [2.75, 3.05) is 0 Å². The number of aryl methyl sites for hydroxylation is 1. The Morgan fingerprint density at radius 1 is 1.20 bits per heavy atom. The van der Waals surface area contributed by atoms with Crippen molar-refractivity contribution in [3.63, 3.8) is 0 Å². The molecule has 0 saturated carbocycles. The predicted molar refractivity (Wildman–Crippen MR) is 88.6 cm³/mol. The Balaban J connectivity index is 1.65. The summed E-state index contributed by atoms with van der Waals surface area (Å²) >= 11 is 1.87. The standard InChI is InChI=1S/C18H30OS/c1-2-3-4-5-6-7-8-11-17(19)15-10-9-12-18-16(15)13-14-20-18/h13-15,17,19H,2-12H2,1H3. The van der Waals surface area contributed by atoms with Gasteiger partial charge >= 0.3 is 0 Å². The molecular formula is C18H30OS. The Morgan fingerprint density at radius 3 is 2.75 bits per heavy atom. The minimum absolute atomic E-state index is 0.112.